The fraction of sp³-hybridized carbons (Fsp3) is 0.0833. The summed E-state index contributed by atoms with van der Waals surface area (Å²) in [7, 11) is 0. The number of benzene rings is 1. The standard InChI is InChI=1S/C7H7NO.C5H6N2O2S/c8-7(9)6-4-2-1-3-5-6;1-4(8)9-7-5-6-2-3-10-5/h1-5H,(H2,8,9);2-3H,1H3,(H,6,7). The average Bonchev–Trinajstić information content (AvgIpc) is 2.91. The Kier molecular flexibility index (Phi) is 6.04. The van der Waals surface area contributed by atoms with Crippen LogP contribution in [0.25, 0.3) is 0 Å². The third-order valence-corrected chi connectivity index (χ3v) is 2.44. The first-order valence-corrected chi connectivity index (χ1v) is 6.15. The summed E-state index contributed by atoms with van der Waals surface area (Å²) in [6, 6.07) is 8.76. The molecule has 0 atom stereocenters. The molecular weight excluding hydrogens is 266 g/mol. The van der Waals surface area contributed by atoms with E-state index in [0.29, 0.717) is 10.7 Å². The molecule has 19 heavy (non-hydrogen) atoms. The van der Waals surface area contributed by atoms with E-state index in [0.717, 1.165) is 0 Å². The van der Waals surface area contributed by atoms with Crippen LogP contribution in [0.1, 0.15) is 17.3 Å². The summed E-state index contributed by atoms with van der Waals surface area (Å²) in [6.45, 7) is 1.32. The summed E-state index contributed by atoms with van der Waals surface area (Å²) in [5.41, 5.74) is 7.91. The first-order chi connectivity index (χ1) is 9.09. The van der Waals surface area contributed by atoms with E-state index >= 15 is 0 Å². The van der Waals surface area contributed by atoms with Crippen molar-refractivity contribution in [3.05, 3.63) is 47.5 Å². The van der Waals surface area contributed by atoms with E-state index < -0.39 is 0 Å². The van der Waals surface area contributed by atoms with Gasteiger partial charge in [-0.2, -0.15) is 5.48 Å². The molecule has 1 aromatic carbocycles. The van der Waals surface area contributed by atoms with E-state index in [4.69, 9.17) is 5.73 Å². The minimum Gasteiger partial charge on any atom is -0.366 e. The van der Waals surface area contributed by atoms with Crippen LogP contribution in [0.5, 0.6) is 0 Å². The molecule has 2 aromatic rings. The summed E-state index contributed by atoms with van der Waals surface area (Å²) in [5.74, 6) is -0.759. The number of anilines is 1. The number of nitrogens with zero attached hydrogens (tertiary/aromatic N) is 1. The summed E-state index contributed by atoms with van der Waals surface area (Å²) >= 11 is 1.37. The number of rotatable bonds is 3. The molecule has 0 saturated heterocycles. The molecule has 0 aliphatic rings. The Balaban J connectivity index is 0.000000191. The number of nitrogens with two attached hydrogens (primary N) is 1. The zero-order valence-corrected chi connectivity index (χ0v) is 11.0. The van der Waals surface area contributed by atoms with Gasteiger partial charge in [0.05, 0.1) is 0 Å². The summed E-state index contributed by atoms with van der Waals surface area (Å²) in [4.78, 5) is 28.9. The van der Waals surface area contributed by atoms with E-state index in [1.165, 1.54) is 18.3 Å². The van der Waals surface area contributed by atoms with Crippen molar-refractivity contribution in [3.63, 3.8) is 0 Å². The van der Waals surface area contributed by atoms with Gasteiger partial charge in [-0.05, 0) is 12.1 Å². The molecule has 0 aliphatic heterocycles. The maximum absolute atomic E-state index is 10.4. The Morgan fingerprint density at radius 2 is 2.00 bits per heavy atom. The monoisotopic (exact) mass is 279 g/mol. The van der Waals surface area contributed by atoms with Gasteiger partial charge in [0.1, 0.15) is 0 Å². The molecule has 0 saturated carbocycles. The van der Waals surface area contributed by atoms with Crippen LogP contribution >= 0.6 is 11.3 Å². The van der Waals surface area contributed by atoms with Gasteiger partial charge >= 0.3 is 5.97 Å². The number of amides is 1. The Labute approximate surface area is 114 Å². The van der Waals surface area contributed by atoms with Crippen molar-refractivity contribution in [2.75, 3.05) is 5.48 Å². The Morgan fingerprint density at radius 3 is 2.42 bits per heavy atom. The Hall–Kier alpha value is -2.41. The van der Waals surface area contributed by atoms with Gasteiger partial charge in [-0.25, -0.2) is 4.98 Å². The molecule has 1 heterocycles. The first-order valence-electron chi connectivity index (χ1n) is 5.27. The lowest BCUT2D eigenvalue weighted by atomic mass is 10.2. The molecule has 1 aromatic heterocycles. The number of thiazole rings is 1. The predicted molar refractivity (Wildman–Crippen MR) is 72.5 cm³/mol. The maximum atomic E-state index is 10.4. The van der Waals surface area contributed by atoms with Crippen LogP contribution in [0.4, 0.5) is 5.13 Å². The van der Waals surface area contributed by atoms with Crippen LogP contribution < -0.4 is 11.2 Å². The lowest BCUT2D eigenvalue weighted by Gasteiger charge is -1.97. The predicted octanol–water partition coefficient (Wildman–Crippen LogP) is 1.82. The second-order valence-electron chi connectivity index (χ2n) is 3.26. The minimum atomic E-state index is -0.379. The van der Waals surface area contributed by atoms with Crippen molar-refractivity contribution in [2.24, 2.45) is 5.73 Å². The lowest BCUT2D eigenvalue weighted by Crippen LogP contribution is -2.09. The number of carbonyl (C=O) groups is 2. The second kappa shape index (κ2) is 7.83. The third kappa shape index (κ3) is 6.18. The van der Waals surface area contributed by atoms with Gasteiger partial charge in [0.15, 0.2) is 0 Å². The largest absolute Gasteiger partial charge is 0.366 e. The van der Waals surface area contributed by atoms with Gasteiger partial charge in [0.25, 0.3) is 0 Å². The highest BCUT2D eigenvalue weighted by Crippen LogP contribution is 2.09. The van der Waals surface area contributed by atoms with Crippen molar-refractivity contribution in [2.45, 2.75) is 6.92 Å². The van der Waals surface area contributed by atoms with Gasteiger partial charge in [-0.15, -0.1) is 11.3 Å². The minimum absolute atomic E-state index is 0.379. The van der Waals surface area contributed by atoms with Crippen LogP contribution in [-0.4, -0.2) is 16.9 Å². The van der Waals surface area contributed by atoms with Crippen LogP contribution in [0.3, 0.4) is 0 Å². The van der Waals surface area contributed by atoms with E-state index in [9.17, 15) is 9.59 Å². The molecule has 0 spiro atoms. The molecule has 7 heteroatoms. The van der Waals surface area contributed by atoms with Crippen molar-refractivity contribution in [3.8, 4) is 0 Å². The molecule has 6 nitrogen and oxygen atoms in total. The van der Waals surface area contributed by atoms with Crippen LogP contribution in [0, 0.1) is 0 Å². The van der Waals surface area contributed by atoms with E-state index in [1.807, 2.05) is 6.07 Å². The quantitative estimate of drug-likeness (QED) is 0.836. The van der Waals surface area contributed by atoms with Gasteiger partial charge in [0.2, 0.25) is 11.0 Å². The van der Waals surface area contributed by atoms with Gasteiger partial charge < -0.3 is 10.6 Å². The van der Waals surface area contributed by atoms with Gasteiger partial charge in [-0.3, -0.25) is 9.59 Å². The number of aromatic nitrogens is 1. The van der Waals surface area contributed by atoms with Crippen molar-refractivity contribution < 1.29 is 14.4 Å². The fourth-order valence-electron chi connectivity index (χ4n) is 0.992. The molecule has 0 radical (unpaired) electrons. The number of carbonyl (C=O) groups excluding carboxylic acids is 2. The molecule has 3 N–H and O–H groups in total. The summed E-state index contributed by atoms with van der Waals surface area (Å²) in [5, 5.41) is 2.36. The van der Waals surface area contributed by atoms with Crippen LogP contribution in [0.15, 0.2) is 41.9 Å². The molecule has 1 amide bonds. The Bertz CT molecular complexity index is 514. The highest BCUT2D eigenvalue weighted by molar-refractivity contribution is 7.13. The SMILES string of the molecule is CC(=O)ONc1nccs1.NC(=O)c1ccccc1. The zero-order valence-electron chi connectivity index (χ0n) is 10.2. The summed E-state index contributed by atoms with van der Waals surface area (Å²) < 4.78 is 0. The Morgan fingerprint density at radius 1 is 1.32 bits per heavy atom. The zero-order chi connectivity index (χ0) is 14.1. The maximum Gasteiger partial charge on any atom is 0.329 e. The molecule has 0 unspecified atom stereocenters. The first kappa shape index (κ1) is 14.7. The van der Waals surface area contributed by atoms with Gasteiger partial charge in [-0.1, -0.05) is 18.2 Å². The molecule has 100 valence electrons. The number of nitrogens with one attached hydrogen (secondary N) is 1. The topological polar surface area (TPSA) is 94.3 Å². The van der Waals surface area contributed by atoms with Crippen molar-refractivity contribution >= 4 is 28.3 Å². The summed E-state index contributed by atoms with van der Waals surface area (Å²) in [6.07, 6.45) is 1.62. The highest BCUT2D eigenvalue weighted by atomic mass is 32.1. The normalized spacial score (nSPS) is 8.89. The van der Waals surface area contributed by atoms with Crippen LogP contribution in [0.2, 0.25) is 0 Å². The number of primary amides is 1. The lowest BCUT2D eigenvalue weighted by molar-refractivity contribution is -0.138. The average molecular weight is 279 g/mol. The highest BCUT2D eigenvalue weighted by Gasteiger charge is 1.95. The van der Waals surface area contributed by atoms with E-state index in [2.05, 4.69) is 15.3 Å². The molecule has 0 fully saturated rings. The fourth-order valence-corrected chi connectivity index (χ4v) is 1.45. The second-order valence-corrected chi connectivity index (χ2v) is 4.16. The van der Waals surface area contributed by atoms with E-state index in [-0.39, 0.29) is 11.9 Å². The van der Waals surface area contributed by atoms with Crippen molar-refractivity contribution in [1.29, 1.82) is 0 Å². The number of hydrogen-bond donors (Lipinski definition) is 2. The van der Waals surface area contributed by atoms with Gasteiger partial charge in [0, 0.05) is 24.1 Å². The smallest absolute Gasteiger partial charge is 0.329 e. The third-order valence-electron chi connectivity index (χ3n) is 1.77. The van der Waals surface area contributed by atoms with E-state index in [1.54, 1.807) is 35.8 Å². The van der Waals surface area contributed by atoms with Crippen molar-refractivity contribution in [1.82, 2.24) is 4.98 Å². The molecule has 0 aliphatic carbocycles. The molecular formula is C12H13N3O3S. The molecule has 2 rings (SSSR count). The number of hydrogen-bond acceptors (Lipinski definition) is 6. The molecule has 0 bridgehead atoms. The van der Waals surface area contributed by atoms with Crippen LogP contribution in [-0.2, 0) is 9.63 Å².